The van der Waals surface area contributed by atoms with E-state index in [1.807, 2.05) is 4.90 Å². The van der Waals surface area contributed by atoms with E-state index in [1.54, 1.807) is 13.0 Å². The van der Waals surface area contributed by atoms with Gasteiger partial charge in [0.1, 0.15) is 11.6 Å². The van der Waals surface area contributed by atoms with Crippen LogP contribution in [0.5, 0.6) is 5.75 Å². The summed E-state index contributed by atoms with van der Waals surface area (Å²) in [6, 6.07) is 7.08. The molecule has 2 aliphatic rings. The quantitative estimate of drug-likeness (QED) is 0.390. The van der Waals surface area contributed by atoms with Crippen molar-refractivity contribution >= 4 is 17.4 Å². The van der Waals surface area contributed by atoms with Gasteiger partial charge in [-0.25, -0.2) is 13.8 Å². The van der Waals surface area contributed by atoms with E-state index in [1.165, 1.54) is 24.3 Å². The zero-order valence-electron chi connectivity index (χ0n) is 19.4. The lowest BCUT2D eigenvalue weighted by atomic mass is 9.79. The second-order valence-corrected chi connectivity index (χ2v) is 9.10. The first-order chi connectivity index (χ1) is 16.9. The van der Waals surface area contributed by atoms with E-state index in [4.69, 9.17) is 4.74 Å². The van der Waals surface area contributed by atoms with Gasteiger partial charge in [0.05, 0.1) is 18.4 Å². The van der Waals surface area contributed by atoms with Crippen LogP contribution in [-0.2, 0) is 9.53 Å². The highest BCUT2D eigenvalue weighted by molar-refractivity contribution is 5.91. The van der Waals surface area contributed by atoms with Crippen molar-refractivity contribution in [2.24, 2.45) is 5.92 Å². The maximum atomic E-state index is 14.8. The number of aryl methyl sites for hydroxylation is 1. The molecule has 6 nitrogen and oxygen atoms in total. The average Bonchev–Trinajstić information content (AvgIpc) is 3.01. The molecule has 1 atom stereocenters. The molecular formula is C24H25F6N3O3. The monoisotopic (exact) mass is 517 g/mol. The van der Waals surface area contributed by atoms with Gasteiger partial charge in [0.2, 0.25) is 17.8 Å². The number of hydrogen-bond donors (Lipinski definition) is 1. The minimum absolute atomic E-state index is 0.0834. The summed E-state index contributed by atoms with van der Waals surface area (Å²) in [6.45, 7) is 2.74. The molecule has 0 spiro atoms. The molecule has 1 aromatic heterocycles. The Morgan fingerprint density at radius 1 is 1.22 bits per heavy atom. The molecule has 2 fully saturated rings. The van der Waals surface area contributed by atoms with Crippen molar-refractivity contribution in [1.29, 1.82) is 0 Å². The molecule has 0 radical (unpaired) electrons. The SMILES string of the molecule is Cc1cc(N2CCO[C@@H](c3ccc(OC(F)(F)F)cc3)CC2)nc(F)c1NC(=O)CC1CC(F)(F)C1. The molecule has 1 saturated heterocycles. The topological polar surface area (TPSA) is 63.7 Å². The Morgan fingerprint density at radius 2 is 1.92 bits per heavy atom. The summed E-state index contributed by atoms with van der Waals surface area (Å²) in [5.74, 6) is -4.54. The molecule has 1 aliphatic carbocycles. The highest BCUT2D eigenvalue weighted by Crippen LogP contribution is 2.44. The molecule has 2 aromatic rings. The van der Waals surface area contributed by atoms with Gasteiger partial charge in [-0.2, -0.15) is 4.39 Å². The number of alkyl halides is 5. The van der Waals surface area contributed by atoms with Crippen LogP contribution in [0.15, 0.2) is 30.3 Å². The number of rotatable bonds is 6. The van der Waals surface area contributed by atoms with E-state index >= 15 is 0 Å². The van der Waals surface area contributed by atoms with Gasteiger partial charge in [-0.05, 0) is 48.6 Å². The van der Waals surface area contributed by atoms with Crippen molar-refractivity contribution in [2.75, 3.05) is 29.9 Å². The number of carbonyl (C=O) groups excluding carboxylic acids is 1. The number of halogens is 6. The lowest BCUT2D eigenvalue weighted by molar-refractivity contribution is -0.274. The summed E-state index contributed by atoms with van der Waals surface area (Å²) < 4.78 is 87.6. The third kappa shape index (κ3) is 6.59. The first-order valence-corrected chi connectivity index (χ1v) is 11.5. The Bertz CT molecular complexity index is 1060. The minimum Gasteiger partial charge on any atom is -0.406 e. The molecule has 1 N–H and O–H groups in total. The zero-order chi connectivity index (χ0) is 26.1. The number of anilines is 2. The van der Waals surface area contributed by atoms with Gasteiger partial charge in [-0.3, -0.25) is 4.79 Å². The van der Waals surface area contributed by atoms with Crippen LogP contribution in [0, 0.1) is 18.8 Å². The standard InChI is InChI=1S/C24H25F6N3O3/c1-14-10-19(31-22(25)21(14)32-20(34)11-15-12-23(26,27)13-15)33-7-6-18(35-9-8-33)16-2-4-17(5-3-16)36-24(28,29)30/h2-5,10,15,18H,6-9,11-13H2,1H3,(H,32,34)/t18-/m1/s1. The van der Waals surface area contributed by atoms with Crippen LogP contribution in [0.4, 0.5) is 37.8 Å². The molecular weight excluding hydrogens is 492 g/mol. The Kier molecular flexibility index (Phi) is 7.35. The first kappa shape index (κ1) is 26.1. The maximum absolute atomic E-state index is 14.8. The fraction of sp³-hybridized carbons (Fsp3) is 0.500. The van der Waals surface area contributed by atoms with Crippen molar-refractivity contribution in [3.63, 3.8) is 0 Å². The number of pyridine rings is 1. The number of ether oxygens (including phenoxy) is 2. The molecule has 1 saturated carbocycles. The van der Waals surface area contributed by atoms with Crippen molar-refractivity contribution < 1.29 is 40.6 Å². The van der Waals surface area contributed by atoms with Crippen LogP contribution < -0.4 is 15.0 Å². The second kappa shape index (κ2) is 10.2. The molecule has 1 aromatic carbocycles. The number of carbonyl (C=O) groups is 1. The molecule has 1 aliphatic heterocycles. The number of nitrogens with one attached hydrogen (secondary N) is 1. The third-order valence-corrected chi connectivity index (χ3v) is 6.22. The summed E-state index contributed by atoms with van der Waals surface area (Å²) in [5, 5.41) is 2.45. The van der Waals surface area contributed by atoms with Crippen molar-refractivity contribution in [3.05, 3.63) is 47.4 Å². The summed E-state index contributed by atoms with van der Waals surface area (Å²) >= 11 is 0. The van der Waals surface area contributed by atoms with E-state index in [0.717, 1.165) is 0 Å². The lowest BCUT2D eigenvalue weighted by Gasteiger charge is -2.34. The van der Waals surface area contributed by atoms with Gasteiger partial charge in [-0.15, -0.1) is 13.2 Å². The van der Waals surface area contributed by atoms with Gasteiger partial charge < -0.3 is 19.7 Å². The molecule has 1 amide bonds. The molecule has 0 unspecified atom stereocenters. The zero-order valence-corrected chi connectivity index (χ0v) is 19.4. The number of hydrogen-bond acceptors (Lipinski definition) is 5. The molecule has 4 rings (SSSR count). The summed E-state index contributed by atoms with van der Waals surface area (Å²) in [7, 11) is 0. The van der Waals surface area contributed by atoms with Gasteiger partial charge in [-0.1, -0.05) is 12.1 Å². The Hall–Kier alpha value is -3.02. The summed E-state index contributed by atoms with van der Waals surface area (Å²) in [4.78, 5) is 18.0. The fourth-order valence-corrected chi connectivity index (χ4v) is 4.46. The van der Waals surface area contributed by atoms with Gasteiger partial charge in [0.25, 0.3) is 0 Å². The smallest absolute Gasteiger partial charge is 0.406 e. The van der Waals surface area contributed by atoms with E-state index in [0.29, 0.717) is 36.5 Å². The van der Waals surface area contributed by atoms with Crippen LogP contribution in [0.1, 0.15) is 42.9 Å². The minimum atomic E-state index is -4.77. The van der Waals surface area contributed by atoms with Crippen LogP contribution >= 0.6 is 0 Å². The van der Waals surface area contributed by atoms with Crippen LogP contribution in [0.2, 0.25) is 0 Å². The second-order valence-electron chi connectivity index (χ2n) is 9.10. The number of aromatic nitrogens is 1. The van der Waals surface area contributed by atoms with Gasteiger partial charge in [0, 0.05) is 32.4 Å². The van der Waals surface area contributed by atoms with Gasteiger partial charge in [0.15, 0.2) is 0 Å². The Balaban J connectivity index is 1.36. The highest BCUT2D eigenvalue weighted by Gasteiger charge is 2.45. The molecule has 0 bridgehead atoms. The predicted octanol–water partition coefficient (Wildman–Crippen LogP) is 5.77. The largest absolute Gasteiger partial charge is 0.573 e. The van der Waals surface area contributed by atoms with Crippen LogP contribution in [0.25, 0.3) is 0 Å². The predicted molar refractivity (Wildman–Crippen MR) is 118 cm³/mol. The number of benzene rings is 1. The molecule has 36 heavy (non-hydrogen) atoms. The first-order valence-electron chi connectivity index (χ1n) is 11.5. The van der Waals surface area contributed by atoms with Crippen LogP contribution in [0.3, 0.4) is 0 Å². The molecule has 12 heteroatoms. The van der Waals surface area contributed by atoms with Crippen molar-refractivity contribution in [3.8, 4) is 5.75 Å². The molecule has 196 valence electrons. The third-order valence-electron chi connectivity index (χ3n) is 6.22. The van der Waals surface area contributed by atoms with Gasteiger partial charge >= 0.3 is 6.36 Å². The average molecular weight is 517 g/mol. The highest BCUT2D eigenvalue weighted by atomic mass is 19.4. The summed E-state index contributed by atoms with van der Waals surface area (Å²) in [6.07, 6.45) is -5.46. The van der Waals surface area contributed by atoms with E-state index in [-0.39, 0.29) is 43.4 Å². The van der Waals surface area contributed by atoms with E-state index < -0.39 is 30.1 Å². The number of amides is 1. The van der Waals surface area contributed by atoms with Crippen molar-refractivity contribution in [2.45, 2.75) is 51.0 Å². The Labute approximate surface area is 203 Å². The lowest BCUT2D eigenvalue weighted by Crippen LogP contribution is -2.37. The van der Waals surface area contributed by atoms with Crippen molar-refractivity contribution in [1.82, 2.24) is 4.98 Å². The maximum Gasteiger partial charge on any atom is 0.573 e. The normalized spacial score (nSPS) is 20.4. The number of nitrogens with zero attached hydrogens (tertiary/aromatic N) is 2. The van der Waals surface area contributed by atoms with Crippen LogP contribution in [-0.4, -0.2) is 42.9 Å². The van der Waals surface area contributed by atoms with E-state index in [9.17, 15) is 31.1 Å². The fourth-order valence-electron chi connectivity index (χ4n) is 4.46. The Morgan fingerprint density at radius 3 is 2.53 bits per heavy atom. The molecule has 2 heterocycles. The van der Waals surface area contributed by atoms with E-state index in [2.05, 4.69) is 15.0 Å². The summed E-state index contributed by atoms with van der Waals surface area (Å²) in [5.41, 5.74) is 1.04.